The smallest absolute Gasteiger partial charge is 0.264 e. The Balaban J connectivity index is 1.76. The number of nitrogens with zero attached hydrogens (tertiary/aromatic N) is 2. The molecule has 1 N–H and O–H groups in total. The number of rotatable bonds is 3. The van der Waals surface area contributed by atoms with Gasteiger partial charge in [0.25, 0.3) is 5.91 Å². The van der Waals surface area contributed by atoms with Gasteiger partial charge in [0.1, 0.15) is 0 Å². The van der Waals surface area contributed by atoms with Gasteiger partial charge in [-0.2, -0.15) is 0 Å². The molecule has 2 saturated heterocycles. The molecule has 23 heavy (non-hydrogen) atoms. The first-order valence-corrected chi connectivity index (χ1v) is 9.14. The number of amides is 2. The third-order valence-corrected chi connectivity index (χ3v) is 6.17. The van der Waals surface area contributed by atoms with E-state index in [1.807, 2.05) is 23.3 Å². The van der Waals surface area contributed by atoms with E-state index in [4.69, 9.17) is 0 Å². The second-order valence-corrected chi connectivity index (χ2v) is 7.79. The van der Waals surface area contributed by atoms with Crippen molar-refractivity contribution in [1.82, 2.24) is 15.1 Å². The number of likely N-dealkylation sites (tertiary alicyclic amines) is 2. The Morgan fingerprint density at radius 2 is 2.09 bits per heavy atom. The van der Waals surface area contributed by atoms with Crippen molar-refractivity contribution in [2.75, 3.05) is 20.1 Å². The number of aryl methyl sites for hydroxylation is 1. The number of hydrogen-bond donors (Lipinski definition) is 1. The highest BCUT2D eigenvalue weighted by molar-refractivity contribution is 7.12. The van der Waals surface area contributed by atoms with E-state index in [0.717, 1.165) is 30.0 Å². The fourth-order valence-electron chi connectivity index (χ4n) is 4.12. The van der Waals surface area contributed by atoms with Gasteiger partial charge in [-0.05, 0) is 50.1 Å². The Kier molecular flexibility index (Phi) is 4.47. The highest BCUT2D eigenvalue weighted by atomic mass is 32.1. The van der Waals surface area contributed by atoms with Crippen LogP contribution in [0, 0.1) is 12.8 Å². The lowest BCUT2D eigenvalue weighted by molar-refractivity contribution is -0.126. The minimum Gasteiger partial charge on any atom is -0.358 e. The molecule has 2 fully saturated rings. The van der Waals surface area contributed by atoms with Crippen LogP contribution >= 0.6 is 11.3 Å². The monoisotopic (exact) mass is 335 g/mol. The van der Waals surface area contributed by atoms with E-state index in [1.165, 1.54) is 11.3 Å². The molecule has 3 atom stereocenters. The predicted octanol–water partition coefficient (Wildman–Crippen LogP) is 1.73. The maximum absolute atomic E-state index is 12.7. The summed E-state index contributed by atoms with van der Waals surface area (Å²) in [5.74, 6) is 0.635. The molecule has 126 valence electrons. The summed E-state index contributed by atoms with van der Waals surface area (Å²) >= 11 is 1.52. The van der Waals surface area contributed by atoms with E-state index in [1.54, 1.807) is 7.05 Å². The molecule has 2 aliphatic heterocycles. The molecule has 0 unspecified atom stereocenters. The van der Waals surface area contributed by atoms with Gasteiger partial charge < -0.3 is 10.2 Å². The molecular weight excluding hydrogens is 310 g/mol. The molecule has 1 aromatic heterocycles. The first kappa shape index (κ1) is 16.5. The van der Waals surface area contributed by atoms with Crippen LogP contribution < -0.4 is 5.32 Å². The van der Waals surface area contributed by atoms with Gasteiger partial charge in [0, 0.05) is 32.2 Å². The summed E-state index contributed by atoms with van der Waals surface area (Å²) in [4.78, 5) is 30.1. The topological polar surface area (TPSA) is 52.7 Å². The maximum atomic E-state index is 12.7. The van der Waals surface area contributed by atoms with Gasteiger partial charge >= 0.3 is 0 Å². The SMILES string of the molecule is CNC(=O)[C@H]1C[C@@H]2CN(C(=O)c3sccc3C)C[C@@H]2N1C(C)C. The molecule has 5 nitrogen and oxygen atoms in total. The Morgan fingerprint density at radius 3 is 2.65 bits per heavy atom. The van der Waals surface area contributed by atoms with Crippen LogP contribution in [-0.2, 0) is 4.79 Å². The quantitative estimate of drug-likeness (QED) is 0.915. The molecule has 6 heteroatoms. The second-order valence-electron chi connectivity index (χ2n) is 6.88. The fraction of sp³-hybridized carbons (Fsp3) is 0.647. The van der Waals surface area contributed by atoms with Crippen LogP contribution in [0.1, 0.15) is 35.5 Å². The van der Waals surface area contributed by atoms with Crippen molar-refractivity contribution in [3.63, 3.8) is 0 Å². The molecular formula is C17H25N3O2S. The highest BCUT2D eigenvalue weighted by Crippen LogP contribution is 2.38. The number of nitrogens with one attached hydrogen (secondary N) is 1. The van der Waals surface area contributed by atoms with E-state index in [-0.39, 0.29) is 17.9 Å². The van der Waals surface area contributed by atoms with Crippen LogP contribution in [0.15, 0.2) is 11.4 Å². The minimum absolute atomic E-state index is 0.0595. The largest absolute Gasteiger partial charge is 0.358 e. The van der Waals surface area contributed by atoms with Gasteiger partial charge in [0.05, 0.1) is 10.9 Å². The van der Waals surface area contributed by atoms with Gasteiger partial charge in [-0.25, -0.2) is 0 Å². The Bertz CT molecular complexity index is 613. The lowest BCUT2D eigenvalue weighted by Gasteiger charge is -2.33. The van der Waals surface area contributed by atoms with Crippen LogP contribution in [0.2, 0.25) is 0 Å². The summed E-state index contributed by atoms with van der Waals surface area (Å²) in [7, 11) is 1.70. The maximum Gasteiger partial charge on any atom is 0.264 e. The summed E-state index contributed by atoms with van der Waals surface area (Å²) in [6.45, 7) is 7.74. The van der Waals surface area contributed by atoms with Gasteiger partial charge in [0.15, 0.2) is 0 Å². The molecule has 0 aliphatic carbocycles. The van der Waals surface area contributed by atoms with Crippen molar-refractivity contribution < 1.29 is 9.59 Å². The minimum atomic E-state index is -0.0595. The number of likely N-dealkylation sites (N-methyl/N-ethyl adjacent to an activating group) is 1. The average Bonchev–Trinajstić information content (AvgIpc) is 3.18. The van der Waals surface area contributed by atoms with Crippen LogP contribution in [0.25, 0.3) is 0 Å². The Labute approximate surface area is 141 Å². The molecule has 0 aromatic carbocycles. The number of carbonyl (C=O) groups is 2. The third-order valence-electron chi connectivity index (χ3n) is 5.16. The third kappa shape index (κ3) is 2.78. The van der Waals surface area contributed by atoms with Gasteiger partial charge in [-0.3, -0.25) is 14.5 Å². The molecule has 0 saturated carbocycles. The Morgan fingerprint density at radius 1 is 1.35 bits per heavy atom. The highest BCUT2D eigenvalue weighted by Gasteiger charge is 2.50. The van der Waals surface area contributed by atoms with Gasteiger partial charge in [-0.15, -0.1) is 11.3 Å². The fourth-order valence-corrected chi connectivity index (χ4v) is 5.01. The summed E-state index contributed by atoms with van der Waals surface area (Å²) in [6.07, 6.45) is 0.843. The second kappa shape index (κ2) is 6.24. The van der Waals surface area contributed by atoms with E-state index < -0.39 is 0 Å². The van der Waals surface area contributed by atoms with Gasteiger partial charge in [-0.1, -0.05) is 0 Å². The van der Waals surface area contributed by atoms with Crippen LogP contribution in [0.4, 0.5) is 0 Å². The van der Waals surface area contributed by atoms with Crippen LogP contribution in [0.5, 0.6) is 0 Å². The lowest BCUT2D eigenvalue weighted by atomic mass is 10.0. The molecule has 0 spiro atoms. The molecule has 2 amide bonds. The van der Waals surface area contributed by atoms with E-state index in [2.05, 4.69) is 24.1 Å². The first-order chi connectivity index (χ1) is 10.9. The zero-order valence-electron chi connectivity index (χ0n) is 14.2. The molecule has 3 rings (SSSR count). The number of fused-ring (bicyclic) bond motifs is 1. The molecule has 3 heterocycles. The molecule has 1 aromatic rings. The zero-order valence-corrected chi connectivity index (χ0v) is 15.0. The van der Waals surface area contributed by atoms with Crippen molar-refractivity contribution in [3.8, 4) is 0 Å². The summed E-state index contributed by atoms with van der Waals surface area (Å²) in [5, 5.41) is 4.76. The average molecular weight is 335 g/mol. The van der Waals surface area contributed by atoms with Crippen LogP contribution in [-0.4, -0.2) is 59.9 Å². The van der Waals surface area contributed by atoms with Crippen molar-refractivity contribution in [2.24, 2.45) is 5.92 Å². The van der Waals surface area contributed by atoms with Crippen LogP contribution in [0.3, 0.4) is 0 Å². The molecule has 2 aliphatic rings. The number of hydrogen-bond acceptors (Lipinski definition) is 4. The van der Waals surface area contributed by atoms with Gasteiger partial charge in [0.2, 0.25) is 5.91 Å². The number of carbonyl (C=O) groups excluding carboxylic acids is 2. The van der Waals surface area contributed by atoms with Crippen molar-refractivity contribution in [1.29, 1.82) is 0 Å². The number of thiophene rings is 1. The van der Waals surface area contributed by atoms with E-state index >= 15 is 0 Å². The lowest BCUT2D eigenvalue weighted by Crippen LogP contribution is -2.50. The zero-order chi connectivity index (χ0) is 16.7. The van der Waals surface area contributed by atoms with E-state index in [9.17, 15) is 9.59 Å². The standard InChI is InChI=1S/C17H25N3O2S/c1-10(2)20-13(16(21)18-4)7-12-8-19(9-14(12)20)17(22)15-11(3)5-6-23-15/h5-6,10,12-14H,7-9H2,1-4H3,(H,18,21)/t12-,13-,14+/m1/s1. The first-order valence-electron chi connectivity index (χ1n) is 8.26. The van der Waals surface area contributed by atoms with Crippen molar-refractivity contribution >= 4 is 23.2 Å². The summed E-state index contributed by atoms with van der Waals surface area (Å²) < 4.78 is 0. The summed E-state index contributed by atoms with van der Waals surface area (Å²) in [6, 6.07) is 2.53. The van der Waals surface area contributed by atoms with Crippen molar-refractivity contribution in [2.45, 2.75) is 45.3 Å². The summed E-state index contributed by atoms with van der Waals surface area (Å²) in [5.41, 5.74) is 1.06. The normalized spacial score (nSPS) is 27.5. The molecule has 0 bridgehead atoms. The van der Waals surface area contributed by atoms with E-state index in [0.29, 0.717) is 18.0 Å². The Hall–Kier alpha value is -1.40. The molecule has 0 radical (unpaired) electrons. The predicted molar refractivity (Wildman–Crippen MR) is 91.7 cm³/mol. The van der Waals surface area contributed by atoms with Crippen molar-refractivity contribution in [3.05, 3.63) is 21.9 Å².